The molecule has 0 aromatic heterocycles. The number of nitrogens with one attached hydrogen (secondary N) is 1. The van der Waals surface area contributed by atoms with Gasteiger partial charge in [-0.25, -0.2) is 4.39 Å². The predicted molar refractivity (Wildman–Crippen MR) is 130 cm³/mol. The van der Waals surface area contributed by atoms with Gasteiger partial charge in [-0.2, -0.15) is 0 Å². The molecule has 30 heavy (non-hydrogen) atoms. The summed E-state index contributed by atoms with van der Waals surface area (Å²) >= 11 is 11.1. The molecule has 172 valence electrons. The number of rotatable bonds is 12. The van der Waals surface area contributed by atoms with E-state index in [1.165, 1.54) is 0 Å². The Morgan fingerprint density at radius 1 is 1.13 bits per heavy atom. The zero-order valence-corrected chi connectivity index (χ0v) is 20.3. The second-order valence-corrected chi connectivity index (χ2v) is 8.13. The molecule has 0 unspecified atom stereocenters. The topological polar surface area (TPSA) is 32.3 Å². The molecule has 1 rings (SSSR count). The number of carbonyl (C=O) groups excluding carboxylic acids is 1. The van der Waals surface area contributed by atoms with Gasteiger partial charge in [0.1, 0.15) is 12.0 Å². The van der Waals surface area contributed by atoms with Crippen LogP contribution in [0.2, 0.25) is 0 Å². The van der Waals surface area contributed by atoms with Gasteiger partial charge < -0.3 is 5.32 Å². The maximum atomic E-state index is 14.2. The van der Waals surface area contributed by atoms with E-state index >= 15 is 0 Å². The SMILES string of the molecule is CC/C(Cl)=C\C(C=O)=C/CCl.CC/C=C\CC/C=C/CN1CCC(F)(CNC)CC1. The quantitative estimate of drug-likeness (QED) is 0.0939. The standard InChI is InChI=1S/C16H29FN2.C8H10Cl2O/c1-3-4-5-6-7-8-9-12-19-13-10-16(17,11-14-19)15-18-2;1-2-8(10)5-7(6-11)3-4-9/h4-5,8-9,18H,3,6-7,10-15H2,1-2H3;3,5-6H,2,4H2,1H3/b5-4-,9-8+;7-3+,8-5+. The molecule has 0 radical (unpaired) electrons. The molecule has 1 aliphatic rings. The van der Waals surface area contributed by atoms with Crippen molar-refractivity contribution < 1.29 is 9.18 Å². The summed E-state index contributed by atoms with van der Waals surface area (Å²) in [7, 11) is 1.82. The van der Waals surface area contributed by atoms with Gasteiger partial charge in [0.15, 0.2) is 0 Å². The Morgan fingerprint density at radius 2 is 1.77 bits per heavy atom. The summed E-state index contributed by atoms with van der Waals surface area (Å²) < 4.78 is 14.2. The normalized spacial score (nSPS) is 17.9. The fourth-order valence-electron chi connectivity index (χ4n) is 2.96. The number of carbonyl (C=O) groups is 1. The Labute approximate surface area is 193 Å². The molecule has 0 aliphatic carbocycles. The van der Waals surface area contributed by atoms with Crippen LogP contribution in [0.4, 0.5) is 4.39 Å². The molecule has 1 saturated heterocycles. The summed E-state index contributed by atoms with van der Waals surface area (Å²) in [6, 6.07) is 0. The largest absolute Gasteiger partial charge is 0.317 e. The molecule has 3 nitrogen and oxygen atoms in total. The highest BCUT2D eigenvalue weighted by molar-refractivity contribution is 6.30. The van der Waals surface area contributed by atoms with Crippen LogP contribution < -0.4 is 5.32 Å². The molecule has 6 heteroatoms. The van der Waals surface area contributed by atoms with Gasteiger partial charge in [0.25, 0.3) is 0 Å². The number of likely N-dealkylation sites (tertiary alicyclic amines) is 1. The fraction of sp³-hybridized carbons (Fsp3) is 0.625. The molecule has 0 bridgehead atoms. The Kier molecular flexibility index (Phi) is 18.2. The van der Waals surface area contributed by atoms with E-state index in [1.807, 2.05) is 14.0 Å². The van der Waals surface area contributed by atoms with Gasteiger partial charge >= 0.3 is 0 Å². The van der Waals surface area contributed by atoms with E-state index < -0.39 is 5.67 Å². The molecular formula is C24H39Cl2FN2O. The summed E-state index contributed by atoms with van der Waals surface area (Å²) in [6.45, 7) is 7.27. The van der Waals surface area contributed by atoms with Crippen molar-refractivity contribution in [3.63, 3.8) is 0 Å². The van der Waals surface area contributed by atoms with Crippen molar-refractivity contribution in [1.29, 1.82) is 0 Å². The van der Waals surface area contributed by atoms with Crippen molar-refractivity contribution in [3.05, 3.63) is 47.1 Å². The van der Waals surface area contributed by atoms with Gasteiger partial charge in [0, 0.05) is 42.7 Å². The predicted octanol–water partition coefficient (Wildman–Crippen LogP) is 6.20. The third kappa shape index (κ3) is 15.0. The lowest BCUT2D eigenvalue weighted by molar-refractivity contribution is -0.104. The lowest BCUT2D eigenvalue weighted by atomic mass is 9.93. The van der Waals surface area contributed by atoms with E-state index in [0.717, 1.165) is 51.6 Å². The number of piperidine rings is 1. The summed E-state index contributed by atoms with van der Waals surface area (Å²) in [6.07, 6.45) is 18.3. The van der Waals surface area contributed by atoms with Crippen molar-refractivity contribution in [2.45, 2.75) is 58.0 Å². The smallest absolute Gasteiger partial charge is 0.149 e. The number of alkyl halides is 2. The third-order valence-corrected chi connectivity index (χ3v) is 5.32. The van der Waals surface area contributed by atoms with Crippen molar-refractivity contribution in [1.82, 2.24) is 10.2 Å². The zero-order valence-electron chi connectivity index (χ0n) is 18.8. The van der Waals surface area contributed by atoms with Gasteiger partial charge in [-0.3, -0.25) is 9.69 Å². The van der Waals surface area contributed by atoms with E-state index in [9.17, 15) is 9.18 Å². The first-order valence-electron chi connectivity index (χ1n) is 10.9. The first kappa shape index (κ1) is 29.1. The van der Waals surface area contributed by atoms with Crippen LogP contribution in [-0.4, -0.2) is 56.0 Å². The number of halogens is 3. The van der Waals surface area contributed by atoms with Crippen molar-refractivity contribution in [3.8, 4) is 0 Å². The van der Waals surface area contributed by atoms with Crippen molar-refractivity contribution in [2.24, 2.45) is 0 Å². The number of nitrogens with zero attached hydrogens (tertiary/aromatic N) is 1. The summed E-state index contributed by atoms with van der Waals surface area (Å²) in [5.41, 5.74) is -0.452. The molecule has 0 amide bonds. The minimum Gasteiger partial charge on any atom is -0.317 e. The Bertz CT molecular complexity index is 566. The van der Waals surface area contributed by atoms with Crippen LogP contribution in [0.1, 0.15) is 52.4 Å². The maximum Gasteiger partial charge on any atom is 0.149 e. The Morgan fingerprint density at radius 3 is 2.27 bits per heavy atom. The summed E-state index contributed by atoms with van der Waals surface area (Å²) in [5.74, 6) is 0.332. The molecule has 0 aromatic rings. The van der Waals surface area contributed by atoms with E-state index in [2.05, 4.69) is 41.4 Å². The molecule has 0 saturated carbocycles. The third-order valence-electron chi connectivity index (χ3n) is 4.79. The fourth-order valence-corrected chi connectivity index (χ4v) is 3.27. The highest BCUT2D eigenvalue weighted by atomic mass is 35.5. The number of hydrogen-bond acceptors (Lipinski definition) is 3. The maximum absolute atomic E-state index is 14.2. The molecule has 0 spiro atoms. The number of unbranched alkanes of at least 4 members (excludes halogenated alkanes) is 1. The molecule has 0 atom stereocenters. The zero-order chi connectivity index (χ0) is 22.7. The van der Waals surface area contributed by atoms with E-state index in [-0.39, 0.29) is 0 Å². The van der Waals surface area contributed by atoms with Crippen LogP contribution in [0.3, 0.4) is 0 Å². The molecule has 1 heterocycles. The van der Waals surface area contributed by atoms with Gasteiger partial charge in [-0.05, 0) is 51.6 Å². The van der Waals surface area contributed by atoms with Gasteiger partial charge in [0.2, 0.25) is 0 Å². The average Bonchev–Trinajstić information content (AvgIpc) is 2.74. The second kappa shape index (κ2) is 18.8. The van der Waals surface area contributed by atoms with Crippen molar-refractivity contribution in [2.75, 3.05) is 39.1 Å². The van der Waals surface area contributed by atoms with Crippen LogP contribution in [-0.2, 0) is 4.79 Å². The summed E-state index contributed by atoms with van der Waals surface area (Å²) in [5, 5.41) is 3.62. The van der Waals surface area contributed by atoms with Gasteiger partial charge in [-0.15, -0.1) is 11.6 Å². The Balaban J connectivity index is 0.000000654. The first-order chi connectivity index (χ1) is 14.4. The van der Waals surface area contributed by atoms with Crippen LogP contribution in [0.5, 0.6) is 0 Å². The van der Waals surface area contributed by atoms with Crippen LogP contribution >= 0.6 is 23.2 Å². The van der Waals surface area contributed by atoms with E-state index in [1.54, 1.807) is 12.2 Å². The monoisotopic (exact) mass is 460 g/mol. The minimum atomic E-state index is -0.986. The van der Waals surface area contributed by atoms with Crippen LogP contribution in [0, 0.1) is 0 Å². The van der Waals surface area contributed by atoms with E-state index in [4.69, 9.17) is 23.2 Å². The van der Waals surface area contributed by atoms with Gasteiger partial charge in [-0.1, -0.05) is 55.8 Å². The lowest BCUT2D eigenvalue weighted by Gasteiger charge is -2.35. The van der Waals surface area contributed by atoms with Gasteiger partial charge in [0.05, 0.1) is 0 Å². The number of aldehydes is 1. The number of hydrogen-bond donors (Lipinski definition) is 1. The average molecular weight is 461 g/mol. The second-order valence-electron chi connectivity index (χ2n) is 7.33. The van der Waals surface area contributed by atoms with Crippen molar-refractivity contribution >= 4 is 29.5 Å². The molecule has 0 aromatic carbocycles. The first-order valence-corrected chi connectivity index (χ1v) is 11.8. The molecule has 1 N–H and O–H groups in total. The molecule has 1 fully saturated rings. The highest BCUT2D eigenvalue weighted by Crippen LogP contribution is 2.25. The molecular weight excluding hydrogens is 422 g/mol. The Hall–Kier alpha value is -0.940. The number of allylic oxidation sites excluding steroid dienone is 7. The highest BCUT2D eigenvalue weighted by Gasteiger charge is 2.33. The van der Waals surface area contributed by atoms with Crippen LogP contribution in [0.15, 0.2) is 47.1 Å². The van der Waals surface area contributed by atoms with E-state index in [0.29, 0.717) is 35.9 Å². The summed E-state index contributed by atoms with van der Waals surface area (Å²) in [4.78, 5) is 12.7. The lowest BCUT2D eigenvalue weighted by Crippen LogP contribution is -2.46. The molecule has 1 aliphatic heterocycles. The van der Waals surface area contributed by atoms with Crippen LogP contribution in [0.25, 0.3) is 0 Å². The minimum absolute atomic E-state index is 0.332.